The molecule has 4 nitrogen and oxygen atoms in total. The molecule has 1 aromatic rings. The van der Waals surface area contributed by atoms with Crippen molar-refractivity contribution in [3.8, 4) is 0 Å². The van der Waals surface area contributed by atoms with Gasteiger partial charge in [0.1, 0.15) is 0 Å². The highest BCUT2D eigenvalue weighted by Crippen LogP contribution is 2.10. The number of carbonyl (C=O) groups excluding carboxylic acids is 1. The minimum Gasteiger partial charge on any atom is -0.378 e. The number of hydroxylamine groups is 1. The zero-order valence-electron chi connectivity index (χ0n) is 6.27. The molecule has 0 aliphatic carbocycles. The van der Waals surface area contributed by atoms with Gasteiger partial charge in [0, 0.05) is 0 Å². The monoisotopic (exact) mass is 167 g/mol. The van der Waals surface area contributed by atoms with Gasteiger partial charge in [0.15, 0.2) is 6.10 Å². The first-order valence-corrected chi connectivity index (χ1v) is 3.42. The van der Waals surface area contributed by atoms with E-state index in [1.165, 1.54) is 5.48 Å². The van der Waals surface area contributed by atoms with Gasteiger partial charge in [-0.1, -0.05) is 30.3 Å². The van der Waals surface area contributed by atoms with Gasteiger partial charge < -0.3 is 5.11 Å². The number of aliphatic hydroxyl groups excluding tert-OH is 1. The average molecular weight is 167 g/mol. The summed E-state index contributed by atoms with van der Waals surface area (Å²) in [6.07, 6.45) is -1.31. The fraction of sp³-hybridized carbons (Fsp3) is 0.125. The van der Waals surface area contributed by atoms with Gasteiger partial charge >= 0.3 is 0 Å². The summed E-state index contributed by atoms with van der Waals surface area (Å²) in [5.74, 6) is -0.832. The Morgan fingerprint density at radius 2 is 1.92 bits per heavy atom. The van der Waals surface area contributed by atoms with Gasteiger partial charge in [-0.05, 0) is 5.56 Å². The molecule has 4 heteroatoms. The molecule has 12 heavy (non-hydrogen) atoms. The zero-order valence-corrected chi connectivity index (χ0v) is 6.27. The van der Waals surface area contributed by atoms with Gasteiger partial charge in [-0.2, -0.15) is 0 Å². The Morgan fingerprint density at radius 1 is 1.33 bits per heavy atom. The number of aliphatic hydroxyl groups is 1. The van der Waals surface area contributed by atoms with E-state index in [1.54, 1.807) is 30.3 Å². The molecule has 64 valence electrons. The Hall–Kier alpha value is -1.39. The van der Waals surface area contributed by atoms with E-state index >= 15 is 0 Å². The number of carbonyl (C=O) groups is 1. The Labute approximate surface area is 69.4 Å². The Kier molecular flexibility index (Phi) is 2.79. The molecule has 0 saturated heterocycles. The average Bonchev–Trinajstić information content (AvgIpc) is 2.17. The highest BCUT2D eigenvalue weighted by Gasteiger charge is 2.15. The molecule has 0 saturated carbocycles. The van der Waals surface area contributed by atoms with Crippen molar-refractivity contribution in [3.05, 3.63) is 35.9 Å². The third kappa shape index (κ3) is 1.81. The van der Waals surface area contributed by atoms with E-state index in [4.69, 9.17) is 5.21 Å². The van der Waals surface area contributed by atoms with E-state index in [1.807, 2.05) is 0 Å². The van der Waals surface area contributed by atoms with E-state index < -0.39 is 12.0 Å². The van der Waals surface area contributed by atoms with Crippen molar-refractivity contribution < 1.29 is 15.1 Å². The van der Waals surface area contributed by atoms with Crippen LogP contribution in [0.5, 0.6) is 0 Å². The van der Waals surface area contributed by atoms with E-state index in [2.05, 4.69) is 0 Å². The van der Waals surface area contributed by atoms with Crippen molar-refractivity contribution in [2.45, 2.75) is 6.10 Å². The fourth-order valence-corrected chi connectivity index (χ4v) is 0.848. The van der Waals surface area contributed by atoms with Crippen molar-refractivity contribution in [1.29, 1.82) is 0 Å². The quantitative estimate of drug-likeness (QED) is 0.436. The zero-order chi connectivity index (χ0) is 8.97. The molecule has 3 N–H and O–H groups in total. The molecule has 0 bridgehead atoms. The third-order valence-electron chi connectivity index (χ3n) is 1.47. The first-order valence-electron chi connectivity index (χ1n) is 3.42. The Bertz CT molecular complexity index is 260. The van der Waals surface area contributed by atoms with E-state index in [9.17, 15) is 9.90 Å². The molecule has 0 spiro atoms. The lowest BCUT2D eigenvalue weighted by atomic mass is 10.1. The maximum Gasteiger partial charge on any atom is 0.276 e. The first-order chi connectivity index (χ1) is 5.75. The molecular weight excluding hydrogens is 158 g/mol. The van der Waals surface area contributed by atoms with E-state index in [0.717, 1.165) is 0 Å². The van der Waals surface area contributed by atoms with E-state index in [-0.39, 0.29) is 0 Å². The Balaban J connectivity index is 2.78. The molecule has 0 aliphatic rings. The maximum atomic E-state index is 10.7. The largest absolute Gasteiger partial charge is 0.378 e. The molecular formula is C8H9NO3. The summed E-state index contributed by atoms with van der Waals surface area (Å²) >= 11 is 0. The van der Waals surface area contributed by atoms with Gasteiger partial charge in [0.05, 0.1) is 0 Å². The summed E-state index contributed by atoms with van der Waals surface area (Å²) in [5.41, 5.74) is 1.82. The molecule has 0 aromatic heterocycles. The molecule has 0 fully saturated rings. The summed E-state index contributed by atoms with van der Waals surface area (Å²) in [6, 6.07) is 8.36. The fourth-order valence-electron chi connectivity index (χ4n) is 0.848. The van der Waals surface area contributed by atoms with Gasteiger partial charge in [-0.3, -0.25) is 10.0 Å². The van der Waals surface area contributed by atoms with Crippen molar-refractivity contribution in [2.75, 3.05) is 0 Å². The highest BCUT2D eigenvalue weighted by atomic mass is 16.5. The minimum atomic E-state index is -1.31. The van der Waals surface area contributed by atoms with Crippen LogP contribution in [0.1, 0.15) is 11.7 Å². The van der Waals surface area contributed by atoms with Crippen LogP contribution in [0.4, 0.5) is 0 Å². The predicted molar refractivity (Wildman–Crippen MR) is 41.3 cm³/mol. The number of hydrogen-bond acceptors (Lipinski definition) is 3. The predicted octanol–water partition coefficient (Wildman–Crippen LogP) is 0.225. The van der Waals surface area contributed by atoms with E-state index in [0.29, 0.717) is 5.56 Å². The maximum absolute atomic E-state index is 10.7. The van der Waals surface area contributed by atoms with Crippen LogP contribution in [0, 0.1) is 0 Å². The van der Waals surface area contributed by atoms with Crippen molar-refractivity contribution in [1.82, 2.24) is 5.48 Å². The van der Waals surface area contributed by atoms with Crippen LogP contribution in [-0.4, -0.2) is 16.2 Å². The summed E-state index contributed by atoms with van der Waals surface area (Å²) < 4.78 is 0. The molecule has 1 rings (SSSR count). The lowest BCUT2D eigenvalue weighted by molar-refractivity contribution is -0.138. The number of nitrogens with one attached hydrogen (secondary N) is 1. The molecule has 0 radical (unpaired) electrons. The number of hydrogen-bond donors (Lipinski definition) is 3. The van der Waals surface area contributed by atoms with Crippen molar-refractivity contribution in [3.63, 3.8) is 0 Å². The van der Waals surface area contributed by atoms with Crippen LogP contribution >= 0.6 is 0 Å². The minimum absolute atomic E-state index is 0.448. The Morgan fingerprint density at radius 3 is 2.42 bits per heavy atom. The summed E-state index contributed by atoms with van der Waals surface area (Å²) in [6.45, 7) is 0. The molecule has 1 aromatic carbocycles. The van der Waals surface area contributed by atoms with Gasteiger partial charge in [-0.15, -0.1) is 0 Å². The van der Waals surface area contributed by atoms with Gasteiger partial charge in [0.25, 0.3) is 5.91 Å². The lowest BCUT2D eigenvalue weighted by Crippen LogP contribution is -2.25. The smallest absolute Gasteiger partial charge is 0.276 e. The second-order valence-corrected chi connectivity index (χ2v) is 2.29. The van der Waals surface area contributed by atoms with Crippen molar-refractivity contribution >= 4 is 5.91 Å². The second kappa shape index (κ2) is 3.85. The van der Waals surface area contributed by atoms with Gasteiger partial charge in [-0.25, -0.2) is 5.48 Å². The SMILES string of the molecule is O=C(NO)[C@@H](O)c1ccccc1. The number of rotatable bonds is 2. The standard InChI is InChI=1S/C8H9NO3/c10-7(8(11)9-12)6-4-2-1-3-5-6/h1-5,7,10,12H,(H,9,11)/t7-/m0/s1. The molecule has 0 heterocycles. The van der Waals surface area contributed by atoms with Crippen LogP contribution in [0.2, 0.25) is 0 Å². The lowest BCUT2D eigenvalue weighted by Gasteiger charge is -2.07. The van der Waals surface area contributed by atoms with Crippen LogP contribution in [0.3, 0.4) is 0 Å². The topological polar surface area (TPSA) is 69.6 Å². The van der Waals surface area contributed by atoms with Crippen LogP contribution < -0.4 is 5.48 Å². The third-order valence-corrected chi connectivity index (χ3v) is 1.47. The van der Waals surface area contributed by atoms with Gasteiger partial charge in [0.2, 0.25) is 0 Å². The van der Waals surface area contributed by atoms with Crippen LogP contribution in [0.15, 0.2) is 30.3 Å². The van der Waals surface area contributed by atoms with Crippen LogP contribution in [0.25, 0.3) is 0 Å². The molecule has 0 aliphatic heterocycles. The normalized spacial score (nSPS) is 12.2. The first kappa shape index (κ1) is 8.70. The molecule has 1 amide bonds. The second-order valence-electron chi connectivity index (χ2n) is 2.29. The highest BCUT2D eigenvalue weighted by molar-refractivity contribution is 5.80. The molecule has 1 atom stereocenters. The van der Waals surface area contributed by atoms with Crippen molar-refractivity contribution in [2.24, 2.45) is 0 Å². The summed E-state index contributed by atoms with van der Waals surface area (Å²) in [5, 5.41) is 17.4. The molecule has 0 unspecified atom stereocenters. The number of amides is 1. The van der Waals surface area contributed by atoms with Crippen LogP contribution in [-0.2, 0) is 4.79 Å². The number of benzene rings is 1. The summed E-state index contributed by atoms with van der Waals surface area (Å²) in [7, 11) is 0. The summed E-state index contributed by atoms with van der Waals surface area (Å²) in [4.78, 5) is 10.7.